The van der Waals surface area contributed by atoms with Crippen molar-refractivity contribution in [3.8, 4) is 0 Å². The van der Waals surface area contributed by atoms with Crippen LogP contribution in [0.4, 0.5) is 0 Å². The van der Waals surface area contributed by atoms with Gasteiger partial charge in [0.05, 0.1) is 19.0 Å². The van der Waals surface area contributed by atoms with Gasteiger partial charge in [0.25, 0.3) is 5.56 Å². The molecule has 0 aliphatic heterocycles. The number of rotatable bonds is 7. The fourth-order valence-electron chi connectivity index (χ4n) is 3.59. The maximum atomic E-state index is 12.6. The minimum atomic E-state index is -0.445. The lowest BCUT2D eigenvalue weighted by Gasteiger charge is -2.23. The number of hydrogen-bond acceptors (Lipinski definition) is 6. The van der Waals surface area contributed by atoms with Crippen LogP contribution in [0.15, 0.2) is 29.1 Å². The van der Waals surface area contributed by atoms with Crippen LogP contribution in [0.3, 0.4) is 0 Å². The van der Waals surface area contributed by atoms with E-state index in [1.807, 2.05) is 0 Å². The Balaban J connectivity index is 1.85. The molecular weight excluding hydrogens is 398 g/mol. The first-order chi connectivity index (χ1) is 14.2. The molecule has 30 heavy (non-hydrogen) atoms. The van der Waals surface area contributed by atoms with E-state index in [1.54, 1.807) is 6.92 Å². The second kappa shape index (κ2) is 9.10. The van der Waals surface area contributed by atoms with Crippen LogP contribution in [0.5, 0.6) is 0 Å². The third kappa shape index (κ3) is 4.47. The quantitative estimate of drug-likeness (QED) is 0.535. The number of aromatic nitrogens is 2. The average Bonchev–Trinajstić information content (AvgIpc) is 3.04. The van der Waals surface area contributed by atoms with Gasteiger partial charge in [0.2, 0.25) is 0 Å². The molecule has 0 fully saturated rings. The van der Waals surface area contributed by atoms with Gasteiger partial charge in [-0.3, -0.25) is 4.79 Å². The van der Waals surface area contributed by atoms with E-state index in [9.17, 15) is 9.59 Å². The number of aromatic amines is 1. The Morgan fingerprint density at radius 3 is 2.37 bits per heavy atom. The summed E-state index contributed by atoms with van der Waals surface area (Å²) in [5.74, 6) is 0.962. The molecule has 0 aliphatic rings. The van der Waals surface area contributed by atoms with Crippen LogP contribution < -0.4 is 10.9 Å². The lowest BCUT2D eigenvalue weighted by molar-refractivity contribution is 0.0605. The molecule has 0 unspecified atom stereocenters. The van der Waals surface area contributed by atoms with Crippen LogP contribution in [0.1, 0.15) is 71.8 Å². The maximum Gasteiger partial charge on any atom is 0.348 e. The minimum absolute atomic E-state index is 0.128. The highest BCUT2D eigenvalue weighted by atomic mass is 32.1. The van der Waals surface area contributed by atoms with Crippen molar-refractivity contribution in [1.82, 2.24) is 15.3 Å². The first-order valence-electron chi connectivity index (χ1n) is 10.2. The number of aryl methyl sites for hydroxylation is 1. The van der Waals surface area contributed by atoms with Gasteiger partial charge in [0.1, 0.15) is 15.5 Å². The normalized spacial score (nSPS) is 12.7. The largest absolute Gasteiger partial charge is 0.465 e. The summed E-state index contributed by atoms with van der Waals surface area (Å²) in [5.41, 5.74) is 2.90. The van der Waals surface area contributed by atoms with E-state index in [0.29, 0.717) is 44.9 Å². The van der Waals surface area contributed by atoms with Gasteiger partial charge in [0, 0.05) is 6.04 Å². The Labute approximate surface area is 180 Å². The van der Waals surface area contributed by atoms with Gasteiger partial charge in [-0.2, -0.15) is 0 Å². The van der Waals surface area contributed by atoms with Gasteiger partial charge in [-0.05, 0) is 35.4 Å². The number of nitrogens with zero attached hydrogens (tertiary/aromatic N) is 1. The summed E-state index contributed by atoms with van der Waals surface area (Å²) in [4.78, 5) is 33.0. The molecule has 1 atom stereocenters. The van der Waals surface area contributed by atoms with E-state index in [1.165, 1.54) is 29.6 Å². The Morgan fingerprint density at radius 2 is 1.80 bits per heavy atom. The number of fused-ring (bicyclic) bond motifs is 1. The van der Waals surface area contributed by atoms with Crippen molar-refractivity contribution in [2.45, 2.75) is 53.1 Å². The van der Waals surface area contributed by atoms with Gasteiger partial charge in [-0.15, -0.1) is 11.3 Å². The van der Waals surface area contributed by atoms with Crippen molar-refractivity contribution in [3.05, 3.63) is 62.0 Å². The summed E-state index contributed by atoms with van der Waals surface area (Å²) < 4.78 is 4.81. The molecule has 0 radical (unpaired) electrons. The highest BCUT2D eigenvalue weighted by Gasteiger charge is 2.21. The van der Waals surface area contributed by atoms with E-state index < -0.39 is 5.97 Å². The lowest BCUT2D eigenvalue weighted by atomic mass is 9.93. The molecule has 7 heteroatoms. The van der Waals surface area contributed by atoms with Crippen LogP contribution in [0, 0.1) is 12.8 Å². The molecule has 2 aromatic heterocycles. The maximum absolute atomic E-state index is 12.6. The van der Waals surface area contributed by atoms with Gasteiger partial charge in [0.15, 0.2) is 0 Å². The molecule has 0 amide bonds. The number of esters is 1. The molecule has 3 aromatic rings. The van der Waals surface area contributed by atoms with E-state index in [0.717, 1.165) is 0 Å². The molecule has 0 spiro atoms. The number of hydrogen-bond donors (Lipinski definition) is 2. The predicted molar refractivity (Wildman–Crippen MR) is 121 cm³/mol. The second-order valence-corrected chi connectivity index (χ2v) is 9.16. The van der Waals surface area contributed by atoms with Crippen molar-refractivity contribution in [2.75, 3.05) is 7.11 Å². The predicted octanol–water partition coefficient (Wildman–Crippen LogP) is 4.69. The summed E-state index contributed by atoms with van der Waals surface area (Å²) in [6, 6.07) is 8.80. The van der Waals surface area contributed by atoms with Gasteiger partial charge < -0.3 is 15.0 Å². The van der Waals surface area contributed by atoms with Crippen molar-refractivity contribution in [2.24, 2.45) is 5.92 Å². The minimum Gasteiger partial charge on any atom is -0.465 e. The summed E-state index contributed by atoms with van der Waals surface area (Å²) in [5, 5.41) is 3.98. The zero-order chi connectivity index (χ0) is 22.0. The average molecular weight is 428 g/mol. The van der Waals surface area contributed by atoms with Crippen LogP contribution in [-0.2, 0) is 11.3 Å². The van der Waals surface area contributed by atoms with Crippen LogP contribution in [0.25, 0.3) is 10.2 Å². The van der Waals surface area contributed by atoms with E-state index in [4.69, 9.17) is 4.74 Å². The van der Waals surface area contributed by atoms with Gasteiger partial charge >= 0.3 is 5.97 Å². The molecule has 2 N–H and O–H groups in total. The number of carbonyl (C=O) groups excluding carboxylic acids is 1. The topological polar surface area (TPSA) is 84.1 Å². The number of H-pyrrole nitrogens is 1. The highest BCUT2D eigenvalue weighted by Crippen LogP contribution is 2.28. The highest BCUT2D eigenvalue weighted by molar-refractivity contribution is 7.20. The van der Waals surface area contributed by atoms with Gasteiger partial charge in [-0.25, -0.2) is 9.78 Å². The number of benzene rings is 1. The first-order valence-corrected chi connectivity index (χ1v) is 11.0. The molecule has 2 heterocycles. The molecule has 0 saturated heterocycles. The smallest absolute Gasteiger partial charge is 0.348 e. The monoisotopic (exact) mass is 427 g/mol. The number of nitrogens with one attached hydrogen (secondary N) is 2. The number of carbonyl (C=O) groups is 1. The first kappa shape index (κ1) is 22.2. The summed E-state index contributed by atoms with van der Waals surface area (Å²) in [7, 11) is 1.33. The second-order valence-electron chi connectivity index (χ2n) is 8.16. The molecule has 3 rings (SSSR count). The van der Waals surface area contributed by atoms with E-state index >= 15 is 0 Å². The molecule has 6 nitrogen and oxygen atoms in total. The lowest BCUT2D eigenvalue weighted by Crippen LogP contribution is -2.27. The Hall–Kier alpha value is -2.51. The third-order valence-corrected chi connectivity index (χ3v) is 6.50. The van der Waals surface area contributed by atoms with Crippen molar-refractivity contribution < 1.29 is 9.53 Å². The molecule has 1 aromatic carbocycles. The number of ether oxygens (including phenoxy) is 1. The van der Waals surface area contributed by atoms with Crippen molar-refractivity contribution in [1.29, 1.82) is 0 Å². The number of methoxy groups -OCH3 is 1. The SMILES string of the molecule is COC(=O)c1sc2nc(CN[C@H](c3ccc(C(C)C)cc3)C(C)C)[nH]c(=O)c2c1C. The molecule has 0 aliphatic carbocycles. The molecule has 0 bridgehead atoms. The van der Waals surface area contributed by atoms with Crippen molar-refractivity contribution in [3.63, 3.8) is 0 Å². The third-order valence-electron chi connectivity index (χ3n) is 5.34. The summed E-state index contributed by atoms with van der Waals surface area (Å²) >= 11 is 1.19. The van der Waals surface area contributed by atoms with E-state index in [2.05, 4.69) is 67.2 Å². The molecule has 160 valence electrons. The van der Waals surface area contributed by atoms with E-state index in [-0.39, 0.29) is 11.6 Å². The molecule has 0 saturated carbocycles. The number of thiophene rings is 1. The molecular formula is C23H29N3O3S. The zero-order valence-corrected chi connectivity index (χ0v) is 19.1. The van der Waals surface area contributed by atoms with Crippen LogP contribution in [0.2, 0.25) is 0 Å². The van der Waals surface area contributed by atoms with Gasteiger partial charge in [-0.1, -0.05) is 52.0 Å². The standard InChI is InChI=1S/C23H29N3O3S/c1-12(2)15-7-9-16(10-8-15)19(13(3)4)24-11-17-25-21(27)18-14(5)20(23(28)29-6)30-22(18)26-17/h7-10,12-13,19,24H,11H2,1-6H3,(H,25,26,27)/t19-/m0/s1. The van der Waals surface area contributed by atoms with Crippen LogP contribution in [-0.4, -0.2) is 23.0 Å². The zero-order valence-electron chi connectivity index (χ0n) is 18.3. The van der Waals surface area contributed by atoms with Crippen LogP contribution >= 0.6 is 11.3 Å². The Bertz CT molecular complexity index is 1100. The Morgan fingerprint density at radius 1 is 1.17 bits per heavy atom. The Kier molecular flexibility index (Phi) is 6.73. The fraction of sp³-hybridized carbons (Fsp3) is 0.435. The summed E-state index contributed by atoms with van der Waals surface area (Å²) in [6.45, 7) is 10.9. The fourth-order valence-corrected chi connectivity index (χ4v) is 4.71. The summed E-state index contributed by atoms with van der Waals surface area (Å²) in [6.07, 6.45) is 0. The van der Waals surface area contributed by atoms with Crippen molar-refractivity contribution >= 4 is 27.5 Å².